The number of anilines is 2. The molecule has 2 aromatic rings. The van der Waals surface area contributed by atoms with Gasteiger partial charge >= 0.3 is 5.97 Å². The number of allylic oxidation sites excluding steroid dienone is 1. The van der Waals surface area contributed by atoms with Crippen molar-refractivity contribution in [2.75, 3.05) is 32.0 Å². The number of fused-ring (bicyclic) bond motifs is 1. The smallest absolute Gasteiger partial charge is 0.316 e. The number of carbonyl (C=O) groups excluding carboxylic acids is 2. The van der Waals surface area contributed by atoms with E-state index in [0.717, 1.165) is 22.6 Å². The highest BCUT2D eigenvalue weighted by Gasteiger charge is 2.45. The van der Waals surface area contributed by atoms with E-state index in [9.17, 15) is 9.59 Å². The van der Waals surface area contributed by atoms with E-state index in [-0.39, 0.29) is 11.7 Å². The normalized spacial score (nSPS) is 22.3. The molecule has 0 aromatic heterocycles. The van der Waals surface area contributed by atoms with E-state index in [1.54, 1.807) is 14.2 Å². The quantitative estimate of drug-likeness (QED) is 0.570. The highest BCUT2D eigenvalue weighted by Crippen LogP contribution is 2.47. The maximum atomic E-state index is 13.7. The first kappa shape index (κ1) is 20.8. The summed E-state index contributed by atoms with van der Waals surface area (Å²) in [5, 5.41) is 6.93. The monoisotopic (exact) mass is 422 g/mol. The Morgan fingerprint density at radius 3 is 2.42 bits per heavy atom. The van der Waals surface area contributed by atoms with Gasteiger partial charge in [0.05, 0.1) is 38.7 Å². The Labute approximate surface area is 181 Å². The van der Waals surface area contributed by atoms with Gasteiger partial charge in [0.15, 0.2) is 17.3 Å². The number of carbonyl (C=O) groups is 2. The van der Waals surface area contributed by atoms with Crippen molar-refractivity contribution in [1.82, 2.24) is 0 Å². The first-order valence-corrected chi connectivity index (χ1v) is 10.2. The van der Waals surface area contributed by atoms with Crippen LogP contribution in [0.4, 0.5) is 11.4 Å². The average molecular weight is 422 g/mol. The van der Waals surface area contributed by atoms with Gasteiger partial charge in [-0.15, -0.1) is 0 Å². The molecule has 0 amide bonds. The number of hydrogen-bond acceptors (Lipinski definition) is 7. The van der Waals surface area contributed by atoms with Gasteiger partial charge in [-0.05, 0) is 30.5 Å². The molecule has 2 aromatic carbocycles. The summed E-state index contributed by atoms with van der Waals surface area (Å²) in [6.45, 7) is 1.90. The third-order valence-electron chi connectivity index (χ3n) is 5.97. The molecule has 0 bridgehead atoms. The van der Waals surface area contributed by atoms with Gasteiger partial charge in [0.1, 0.15) is 5.92 Å². The summed E-state index contributed by atoms with van der Waals surface area (Å²) in [6.07, 6.45) is 0.541. The van der Waals surface area contributed by atoms with Crippen LogP contribution in [0.1, 0.15) is 24.9 Å². The standard InChI is InChI=1S/C24H26N2O5/c1-13-12-17-20(22(27)19(13)24(28)31-4)21(26-16-10-6-5-9-15(16)25-17)14-8-7-11-18(29-2)23(14)30-3/h5-11,13,19,21,25-26H,12H2,1-4H3. The molecule has 7 nitrogen and oxygen atoms in total. The van der Waals surface area contributed by atoms with Crippen molar-refractivity contribution in [1.29, 1.82) is 0 Å². The number of nitrogens with one attached hydrogen (secondary N) is 2. The Morgan fingerprint density at radius 1 is 1.00 bits per heavy atom. The fourth-order valence-electron chi connectivity index (χ4n) is 4.51. The van der Waals surface area contributed by atoms with Crippen molar-refractivity contribution in [2.24, 2.45) is 11.8 Å². The summed E-state index contributed by atoms with van der Waals surface area (Å²) in [5.41, 5.74) is 3.78. The lowest BCUT2D eigenvalue weighted by atomic mass is 9.74. The molecule has 0 radical (unpaired) electrons. The molecular weight excluding hydrogens is 396 g/mol. The van der Waals surface area contributed by atoms with Crippen LogP contribution < -0.4 is 20.1 Å². The summed E-state index contributed by atoms with van der Waals surface area (Å²) in [7, 11) is 4.46. The molecule has 2 N–H and O–H groups in total. The third kappa shape index (κ3) is 3.50. The maximum Gasteiger partial charge on any atom is 0.316 e. The number of ketones is 1. The van der Waals surface area contributed by atoms with Crippen LogP contribution in [-0.4, -0.2) is 33.1 Å². The van der Waals surface area contributed by atoms with Crippen molar-refractivity contribution in [2.45, 2.75) is 19.4 Å². The van der Waals surface area contributed by atoms with Gasteiger partial charge in [-0.2, -0.15) is 0 Å². The maximum absolute atomic E-state index is 13.7. The number of rotatable bonds is 4. The molecular formula is C24H26N2O5. The van der Waals surface area contributed by atoms with Crippen LogP contribution in [0.5, 0.6) is 11.5 Å². The van der Waals surface area contributed by atoms with Crippen molar-refractivity contribution < 1.29 is 23.8 Å². The van der Waals surface area contributed by atoms with Gasteiger partial charge in [0.25, 0.3) is 0 Å². The summed E-state index contributed by atoms with van der Waals surface area (Å²) in [4.78, 5) is 26.2. The lowest BCUT2D eigenvalue weighted by molar-refractivity contribution is -0.151. The minimum Gasteiger partial charge on any atom is -0.493 e. The van der Waals surface area contributed by atoms with Crippen LogP contribution in [0.15, 0.2) is 53.7 Å². The van der Waals surface area contributed by atoms with E-state index in [4.69, 9.17) is 14.2 Å². The Kier molecular flexibility index (Phi) is 5.59. The van der Waals surface area contributed by atoms with Crippen LogP contribution in [0.25, 0.3) is 0 Å². The van der Waals surface area contributed by atoms with E-state index in [1.165, 1.54) is 7.11 Å². The Morgan fingerprint density at radius 2 is 1.74 bits per heavy atom. The van der Waals surface area contributed by atoms with Gasteiger partial charge < -0.3 is 24.8 Å². The molecule has 0 spiro atoms. The van der Waals surface area contributed by atoms with E-state index in [0.29, 0.717) is 23.5 Å². The van der Waals surface area contributed by atoms with Crippen molar-refractivity contribution in [3.8, 4) is 11.5 Å². The number of Topliss-reactive ketones (excluding diaryl/α,β-unsaturated/α-hetero) is 1. The Hall–Kier alpha value is -3.48. The molecule has 0 fully saturated rings. The zero-order valence-corrected chi connectivity index (χ0v) is 18.0. The summed E-state index contributed by atoms with van der Waals surface area (Å²) < 4.78 is 16.1. The molecule has 3 atom stereocenters. The summed E-state index contributed by atoms with van der Waals surface area (Å²) in [6, 6.07) is 12.8. The lowest BCUT2D eigenvalue weighted by Crippen LogP contribution is -2.39. The van der Waals surface area contributed by atoms with Gasteiger partial charge in [-0.3, -0.25) is 9.59 Å². The van der Waals surface area contributed by atoms with E-state index in [1.807, 2.05) is 49.4 Å². The molecule has 1 aliphatic heterocycles. The van der Waals surface area contributed by atoms with Crippen molar-refractivity contribution in [3.05, 3.63) is 59.3 Å². The fourth-order valence-corrected chi connectivity index (χ4v) is 4.51. The number of benzene rings is 2. The van der Waals surface area contributed by atoms with E-state index in [2.05, 4.69) is 10.6 Å². The second-order valence-corrected chi connectivity index (χ2v) is 7.77. The number of hydrogen-bond donors (Lipinski definition) is 2. The van der Waals surface area contributed by atoms with Crippen LogP contribution in [-0.2, 0) is 14.3 Å². The highest BCUT2D eigenvalue weighted by atomic mass is 16.5. The van der Waals surface area contributed by atoms with Crippen molar-refractivity contribution >= 4 is 23.1 Å². The summed E-state index contributed by atoms with van der Waals surface area (Å²) in [5.74, 6) is -0.701. The van der Waals surface area contributed by atoms with E-state index >= 15 is 0 Å². The van der Waals surface area contributed by atoms with E-state index < -0.39 is 17.9 Å². The predicted octanol–water partition coefficient (Wildman–Crippen LogP) is 3.93. The molecule has 4 rings (SSSR count). The highest BCUT2D eigenvalue weighted by molar-refractivity contribution is 6.11. The lowest BCUT2D eigenvalue weighted by Gasteiger charge is -2.33. The Balaban J connectivity index is 1.93. The molecule has 1 heterocycles. The molecule has 0 saturated carbocycles. The minimum absolute atomic E-state index is 0.190. The van der Waals surface area contributed by atoms with Crippen LogP contribution in [0.2, 0.25) is 0 Å². The Bertz CT molecular complexity index is 1060. The molecule has 3 unspecified atom stereocenters. The van der Waals surface area contributed by atoms with Crippen LogP contribution >= 0.6 is 0 Å². The van der Waals surface area contributed by atoms with Crippen LogP contribution in [0.3, 0.4) is 0 Å². The van der Waals surface area contributed by atoms with Gasteiger partial charge in [-0.25, -0.2) is 0 Å². The average Bonchev–Trinajstić information content (AvgIpc) is 2.94. The molecule has 7 heteroatoms. The molecule has 1 aliphatic carbocycles. The summed E-state index contributed by atoms with van der Waals surface area (Å²) >= 11 is 0. The zero-order chi connectivity index (χ0) is 22.1. The first-order valence-electron chi connectivity index (χ1n) is 10.2. The number of esters is 1. The SMILES string of the molecule is COC(=O)C1C(=O)C2=C(CC1C)Nc1ccccc1NC2c1cccc(OC)c1OC. The van der Waals surface area contributed by atoms with Gasteiger partial charge in [0, 0.05) is 16.8 Å². The largest absolute Gasteiger partial charge is 0.493 e. The minimum atomic E-state index is -0.854. The fraction of sp³-hybridized carbons (Fsp3) is 0.333. The zero-order valence-electron chi connectivity index (χ0n) is 18.0. The van der Waals surface area contributed by atoms with Gasteiger partial charge in [0.2, 0.25) is 0 Å². The van der Waals surface area contributed by atoms with Crippen LogP contribution in [0, 0.1) is 11.8 Å². The predicted molar refractivity (Wildman–Crippen MR) is 117 cm³/mol. The molecule has 31 heavy (non-hydrogen) atoms. The molecule has 0 saturated heterocycles. The molecule has 162 valence electrons. The topological polar surface area (TPSA) is 85.9 Å². The first-order chi connectivity index (χ1) is 15.0. The molecule has 2 aliphatic rings. The second kappa shape index (κ2) is 8.34. The number of ether oxygens (including phenoxy) is 3. The third-order valence-corrected chi connectivity index (χ3v) is 5.97. The number of methoxy groups -OCH3 is 3. The van der Waals surface area contributed by atoms with Gasteiger partial charge in [-0.1, -0.05) is 31.2 Å². The number of para-hydroxylation sites is 3. The second-order valence-electron chi connectivity index (χ2n) is 7.77. The van der Waals surface area contributed by atoms with Crippen molar-refractivity contribution in [3.63, 3.8) is 0 Å².